The van der Waals surface area contributed by atoms with E-state index in [9.17, 15) is 9.90 Å². The number of rotatable bonds is 7. The molecule has 0 radical (unpaired) electrons. The van der Waals surface area contributed by atoms with Crippen molar-refractivity contribution >= 4 is 29.7 Å². The molecule has 0 fully saturated rings. The molecule has 1 N–H and O–H groups in total. The van der Waals surface area contributed by atoms with E-state index in [0.717, 1.165) is 13.1 Å². The molecule has 0 saturated carbocycles. The Bertz CT molecular complexity index is 721. The maximum Gasteiger partial charge on any atom is 0.348 e. The molecule has 1 aromatic carbocycles. The summed E-state index contributed by atoms with van der Waals surface area (Å²) in [5.74, 6) is 5.12. The van der Waals surface area contributed by atoms with Gasteiger partial charge in [0.1, 0.15) is 0 Å². The summed E-state index contributed by atoms with van der Waals surface area (Å²) in [6, 6.07) is 10.6. The lowest BCUT2D eigenvalue weighted by Gasteiger charge is -2.25. The predicted molar refractivity (Wildman–Crippen MR) is 108 cm³/mol. The molecule has 0 aliphatic heterocycles. The van der Waals surface area contributed by atoms with Gasteiger partial charge in [0.2, 0.25) is 5.60 Å². The molecule has 0 aliphatic rings. The molecule has 2 rings (SSSR count). The van der Waals surface area contributed by atoms with Gasteiger partial charge in [0.25, 0.3) is 0 Å². The zero-order chi connectivity index (χ0) is 18.1. The van der Waals surface area contributed by atoms with Crippen molar-refractivity contribution in [3.63, 3.8) is 0 Å². The highest BCUT2D eigenvalue weighted by molar-refractivity contribution is 7.08. The van der Waals surface area contributed by atoms with Crippen LogP contribution in [0, 0.1) is 11.8 Å². The second-order valence-corrected chi connectivity index (χ2v) is 6.26. The van der Waals surface area contributed by atoms with Crippen LogP contribution in [0.1, 0.15) is 25.0 Å². The Morgan fingerprint density at radius 2 is 1.85 bits per heavy atom. The Morgan fingerprint density at radius 1 is 1.15 bits per heavy atom. The number of thiophene rings is 1. The summed E-state index contributed by atoms with van der Waals surface area (Å²) in [6.45, 7) is 6.60. The molecule has 1 atom stereocenters. The van der Waals surface area contributed by atoms with Crippen LogP contribution in [-0.2, 0) is 15.1 Å². The average Bonchev–Trinajstić information content (AvgIpc) is 3.19. The molecule has 1 unspecified atom stereocenters. The number of carbonyl (C=O) groups excluding carboxylic acids is 1. The monoisotopic (exact) mass is 393 g/mol. The van der Waals surface area contributed by atoms with Crippen LogP contribution in [0.25, 0.3) is 0 Å². The van der Waals surface area contributed by atoms with E-state index in [1.165, 1.54) is 11.3 Å². The van der Waals surface area contributed by atoms with E-state index in [4.69, 9.17) is 4.74 Å². The predicted octanol–water partition coefficient (Wildman–Crippen LogP) is 3.29. The summed E-state index contributed by atoms with van der Waals surface area (Å²) in [5, 5.41) is 14.7. The maximum atomic E-state index is 12.6. The number of nitrogens with zero attached hydrogens (tertiary/aromatic N) is 1. The van der Waals surface area contributed by atoms with Gasteiger partial charge in [-0.05, 0) is 35.5 Å². The first kappa shape index (κ1) is 22.2. The van der Waals surface area contributed by atoms with Crippen LogP contribution < -0.4 is 0 Å². The van der Waals surface area contributed by atoms with E-state index in [2.05, 4.69) is 30.6 Å². The van der Waals surface area contributed by atoms with Crippen LogP contribution in [0.2, 0.25) is 0 Å². The molecule has 4 nitrogen and oxygen atoms in total. The van der Waals surface area contributed by atoms with Crippen LogP contribution in [0.4, 0.5) is 0 Å². The fraction of sp³-hybridized carbons (Fsp3) is 0.350. The van der Waals surface area contributed by atoms with E-state index >= 15 is 0 Å². The van der Waals surface area contributed by atoms with Crippen molar-refractivity contribution in [2.75, 3.05) is 26.2 Å². The largest absolute Gasteiger partial charge is 0.450 e. The quantitative estimate of drug-likeness (QED) is 0.579. The minimum atomic E-state index is -1.82. The number of hydrogen-bond donors (Lipinski definition) is 1. The average molecular weight is 394 g/mol. The molecule has 6 heteroatoms. The molecule has 1 aromatic heterocycles. The van der Waals surface area contributed by atoms with Crippen molar-refractivity contribution in [3.8, 4) is 11.8 Å². The Kier molecular flexibility index (Phi) is 9.39. The van der Waals surface area contributed by atoms with Gasteiger partial charge in [-0.1, -0.05) is 56.0 Å². The van der Waals surface area contributed by atoms with Gasteiger partial charge in [-0.25, -0.2) is 4.79 Å². The topological polar surface area (TPSA) is 49.8 Å². The van der Waals surface area contributed by atoms with E-state index in [0.29, 0.717) is 17.7 Å². The summed E-state index contributed by atoms with van der Waals surface area (Å²) in [5.41, 5.74) is -0.832. The number of esters is 1. The first-order valence-electron chi connectivity index (χ1n) is 8.28. The number of carbonyl (C=O) groups is 1. The highest BCUT2D eigenvalue weighted by Crippen LogP contribution is 2.32. The molecule has 1 heterocycles. The first-order valence-corrected chi connectivity index (χ1v) is 9.23. The number of aliphatic hydroxyl groups is 1. The molecule has 0 bridgehead atoms. The molecular formula is C20H24ClNO3S. The lowest BCUT2D eigenvalue weighted by Crippen LogP contribution is -2.38. The molecule has 26 heavy (non-hydrogen) atoms. The maximum absolute atomic E-state index is 12.6. The highest BCUT2D eigenvalue weighted by atomic mass is 35.5. The fourth-order valence-electron chi connectivity index (χ4n) is 2.42. The zero-order valence-corrected chi connectivity index (χ0v) is 16.6. The molecule has 2 aromatic rings. The van der Waals surface area contributed by atoms with Crippen molar-refractivity contribution in [3.05, 3.63) is 58.3 Å². The van der Waals surface area contributed by atoms with Crippen LogP contribution in [-0.4, -0.2) is 42.2 Å². The van der Waals surface area contributed by atoms with Gasteiger partial charge in [0.15, 0.2) is 6.61 Å². The molecule has 0 amide bonds. The van der Waals surface area contributed by atoms with Crippen molar-refractivity contribution in [1.82, 2.24) is 4.90 Å². The lowest BCUT2D eigenvalue weighted by molar-refractivity contribution is -0.160. The number of hydrogen-bond acceptors (Lipinski definition) is 5. The fourth-order valence-corrected chi connectivity index (χ4v) is 3.12. The van der Waals surface area contributed by atoms with Crippen molar-refractivity contribution in [1.29, 1.82) is 0 Å². The van der Waals surface area contributed by atoms with E-state index in [-0.39, 0.29) is 19.0 Å². The summed E-state index contributed by atoms with van der Waals surface area (Å²) in [6.07, 6.45) is 0. The van der Waals surface area contributed by atoms with Gasteiger partial charge in [0, 0.05) is 5.56 Å². The first-order chi connectivity index (χ1) is 12.1. The number of halogens is 1. The minimum absolute atomic E-state index is 0. The summed E-state index contributed by atoms with van der Waals surface area (Å²) in [4.78, 5) is 14.8. The van der Waals surface area contributed by atoms with Gasteiger partial charge < -0.3 is 9.84 Å². The Morgan fingerprint density at radius 3 is 2.42 bits per heavy atom. The van der Waals surface area contributed by atoms with Gasteiger partial charge >= 0.3 is 5.97 Å². The van der Waals surface area contributed by atoms with E-state index in [1.54, 1.807) is 35.7 Å². The third-order valence-corrected chi connectivity index (χ3v) is 4.71. The second kappa shape index (κ2) is 11.0. The summed E-state index contributed by atoms with van der Waals surface area (Å²) < 4.78 is 5.26. The van der Waals surface area contributed by atoms with E-state index < -0.39 is 11.6 Å². The van der Waals surface area contributed by atoms with E-state index in [1.807, 2.05) is 11.4 Å². The third-order valence-electron chi connectivity index (χ3n) is 4.02. The standard InChI is InChI=1S/C20H23NO3S.ClH/c1-3-21(4-2)13-8-9-14-24-19(22)20(23,18-12-15-25-16-18)17-10-6-5-7-11-17;/h5-7,10-12,15-16,23H,3-4,13-14H2,1-2H3;1H. The number of benzene rings is 1. The Balaban J connectivity index is 0.00000338. The minimum Gasteiger partial charge on any atom is -0.450 e. The highest BCUT2D eigenvalue weighted by Gasteiger charge is 2.41. The Labute approximate surface area is 165 Å². The molecule has 0 saturated heterocycles. The smallest absolute Gasteiger partial charge is 0.348 e. The number of ether oxygens (including phenoxy) is 1. The van der Waals surface area contributed by atoms with Crippen LogP contribution in [0.3, 0.4) is 0 Å². The van der Waals surface area contributed by atoms with Crippen molar-refractivity contribution < 1.29 is 14.6 Å². The second-order valence-electron chi connectivity index (χ2n) is 5.48. The SMILES string of the molecule is CCN(CC)CC#CCOC(=O)C(O)(c1ccccc1)c1ccsc1.Cl. The Hall–Kier alpha value is -1.84. The van der Waals surface area contributed by atoms with Crippen LogP contribution in [0.5, 0.6) is 0 Å². The van der Waals surface area contributed by atoms with Gasteiger partial charge in [-0.2, -0.15) is 11.3 Å². The molecule has 0 spiro atoms. The summed E-state index contributed by atoms with van der Waals surface area (Å²) >= 11 is 1.42. The normalized spacial score (nSPS) is 12.5. The molecule has 0 aliphatic carbocycles. The van der Waals surface area contributed by atoms with Gasteiger partial charge in [-0.3, -0.25) is 4.90 Å². The van der Waals surface area contributed by atoms with Crippen LogP contribution >= 0.6 is 23.7 Å². The third kappa shape index (κ3) is 5.33. The lowest BCUT2D eigenvalue weighted by atomic mass is 9.88. The molecule has 140 valence electrons. The molecular weight excluding hydrogens is 370 g/mol. The zero-order valence-electron chi connectivity index (χ0n) is 15.0. The van der Waals surface area contributed by atoms with Crippen molar-refractivity contribution in [2.24, 2.45) is 0 Å². The van der Waals surface area contributed by atoms with Gasteiger partial charge in [0.05, 0.1) is 6.54 Å². The van der Waals surface area contributed by atoms with Crippen molar-refractivity contribution in [2.45, 2.75) is 19.4 Å². The summed E-state index contributed by atoms with van der Waals surface area (Å²) in [7, 11) is 0. The van der Waals surface area contributed by atoms with Gasteiger partial charge in [-0.15, -0.1) is 12.4 Å². The van der Waals surface area contributed by atoms with Crippen LogP contribution in [0.15, 0.2) is 47.2 Å².